The summed E-state index contributed by atoms with van der Waals surface area (Å²) >= 11 is 0. The van der Waals surface area contributed by atoms with Crippen molar-refractivity contribution in [2.75, 3.05) is 4.81 Å². The Bertz CT molecular complexity index is 2000. The van der Waals surface area contributed by atoms with E-state index < -0.39 is 0 Å². The number of furan rings is 1. The predicted molar refractivity (Wildman–Crippen MR) is 151 cm³/mol. The lowest BCUT2D eigenvalue weighted by atomic mass is 9.65. The lowest BCUT2D eigenvalue weighted by Gasteiger charge is -2.28. The number of aromatic nitrogens is 1. The summed E-state index contributed by atoms with van der Waals surface area (Å²) in [6.07, 6.45) is 0. The molecule has 0 N–H and O–H groups in total. The van der Waals surface area contributed by atoms with Crippen LogP contribution in [0.3, 0.4) is 0 Å². The summed E-state index contributed by atoms with van der Waals surface area (Å²) in [6.45, 7) is 0. The van der Waals surface area contributed by atoms with E-state index in [1.807, 2.05) is 30.3 Å². The first kappa shape index (κ1) is 19.3. The number of hydrogen-bond acceptors (Lipinski definition) is 3. The molecule has 0 bridgehead atoms. The Morgan fingerprint density at radius 2 is 1.30 bits per heavy atom. The molecule has 2 aromatic heterocycles. The van der Waals surface area contributed by atoms with Gasteiger partial charge >= 0.3 is 7.05 Å². The SMILES string of the molecule is c1ccc2c(c1)OB1c3ccc(-n4c5ccccc5c5ccccc54)cc3-c3c(oc4ccccc34)N12. The Balaban J connectivity index is 1.36. The van der Waals surface area contributed by atoms with Crippen molar-refractivity contribution in [1.82, 2.24) is 4.57 Å². The number of benzene rings is 5. The average Bonchev–Trinajstić information content (AvgIpc) is 3.62. The fourth-order valence-corrected chi connectivity index (χ4v) is 6.25. The number of para-hydroxylation sites is 5. The molecule has 37 heavy (non-hydrogen) atoms. The molecule has 0 spiro atoms. The third kappa shape index (κ3) is 2.43. The van der Waals surface area contributed by atoms with Crippen molar-refractivity contribution in [2.24, 2.45) is 0 Å². The van der Waals surface area contributed by atoms with Crippen molar-refractivity contribution >= 4 is 56.9 Å². The van der Waals surface area contributed by atoms with Gasteiger partial charge in [-0.25, -0.2) is 0 Å². The normalized spacial score (nSPS) is 13.5. The Morgan fingerprint density at radius 1 is 0.622 bits per heavy atom. The zero-order valence-electron chi connectivity index (χ0n) is 19.8. The van der Waals surface area contributed by atoms with Crippen molar-refractivity contribution in [3.63, 3.8) is 0 Å². The van der Waals surface area contributed by atoms with Crippen molar-refractivity contribution in [3.05, 3.63) is 115 Å². The van der Waals surface area contributed by atoms with E-state index in [9.17, 15) is 0 Å². The quantitative estimate of drug-likeness (QED) is 0.232. The summed E-state index contributed by atoms with van der Waals surface area (Å²) in [4.78, 5) is 2.20. The second-order valence-corrected chi connectivity index (χ2v) is 9.73. The molecule has 9 rings (SSSR count). The van der Waals surface area contributed by atoms with Crippen molar-refractivity contribution in [2.45, 2.75) is 0 Å². The molecular weight excluding hydrogens is 455 g/mol. The maximum atomic E-state index is 6.53. The summed E-state index contributed by atoms with van der Waals surface area (Å²) in [5.41, 5.74) is 8.83. The van der Waals surface area contributed by atoms with Crippen LogP contribution in [0.2, 0.25) is 0 Å². The van der Waals surface area contributed by atoms with Gasteiger partial charge in [-0.15, -0.1) is 0 Å². The minimum Gasteiger partial charge on any atom is -0.536 e. The highest BCUT2D eigenvalue weighted by molar-refractivity contribution is 6.77. The van der Waals surface area contributed by atoms with Gasteiger partial charge in [-0.2, -0.15) is 0 Å². The van der Waals surface area contributed by atoms with Crippen LogP contribution < -0.4 is 14.9 Å². The van der Waals surface area contributed by atoms with Gasteiger partial charge in [0, 0.05) is 21.8 Å². The van der Waals surface area contributed by atoms with Crippen LogP contribution in [0.15, 0.2) is 120 Å². The first-order valence-electron chi connectivity index (χ1n) is 12.6. The number of nitrogens with zero attached hydrogens (tertiary/aromatic N) is 2. The molecule has 5 heteroatoms. The smallest absolute Gasteiger partial charge is 0.527 e. The van der Waals surface area contributed by atoms with E-state index in [0.29, 0.717) is 0 Å². The minimum atomic E-state index is -0.271. The van der Waals surface area contributed by atoms with Crippen molar-refractivity contribution < 1.29 is 9.07 Å². The molecule has 4 heterocycles. The van der Waals surface area contributed by atoms with E-state index in [1.165, 1.54) is 21.8 Å². The minimum absolute atomic E-state index is 0.271. The van der Waals surface area contributed by atoms with E-state index in [2.05, 4.69) is 94.3 Å². The largest absolute Gasteiger partial charge is 0.536 e. The van der Waals surface area contributed by atoms with Crippen molar-refractivity contribution in [3.8, 4) is 22.6 Å². The van der Waals surface area contributed by atoms with Crippen LogP contribution in [0.4, 0.5) is 11.6 Å². The lowest BCUT2D eigenvalue weighted by Crippen LogP contribution is -2.50. The van der Waals surface area contributed by atoms with E-state index >= 15 is 0 Å². The molecule has 0 fully saturated rings. The van der Waals surface area contributed by atoms with E-state index in [1.54, 1.807) is 0 Å². The number of rotatable bonds is 1. The highest BCUT2D eigenvalue weighted by atomic mass is 16.5. The van der Waals surface area contributed by atoms with Crippen LogP contribution in [0.25, 0.3) is 49.6 Å². The summed E-state index contributed by atoms with van der Waals surface area (Å²) in [5, 5.41) is 3.62. The molecule has 0 aliphatic carbocycles. The molecule has 0 amide bonds. The van der Waals surface area contributed by atoms with Gasteiger partial charge in [0.05, 0.1) is 22.3 Å². The fraction of sp³-hybridized carbons (Fsp3) is 0. The number of hydrogen-bond donors (Lipinski definition) is 0. The Labute approximate surface area is 213 Å². The third-order valence-corrected chi connectivity index (χ3v) is 7.80. The zero-order valence-corrected chi connectivity index (χ0v) is 19.8. The Morgan fingerprint density at radius 3 is 2.11 bits per heavy atom. The topological polar surface area (TPSA) is 30.5 Å². The maximum Gasteiger partial charge on any atom is 0.527 e. The summed E-state index contributed by atoms with van der Waals surface area (Å²) in [6, 6.07) is 40.5. The molecule has 5 aromatic carbocycles. The van der Waals surface area contributed by atoms with Crippen LogP contribution in [-0.4, -0.2) is 11.6 Å². The molecule has 0 saturated carbocycles. The highest BCUT2D eigenvalue weighted by Crippen LogP contribution is 2.51. The van der Waals surface area contributed by atoms with E-state index in [-0.39, 0.29) is 7.05 Å². The summed E-state index contributed by atoms with van der Waals surface area (Å²) in [5.74, 6) is 1.71. The zero-order chi connectivity index (χ0) is 24.1. The van der Waals surface area contributed by atoms with Crippen LogP contribution in [-0.2, 0) is 0 Å². The molecule has 0 unspecified atom stereocenters. The molecule has 172 valence electrons. The highest BCUT2D eigenvalue weighted by Gasteiger charge is 2.47. The van der Waals surface area contributed by atoms with Gasteiger partial charge in [0.25, 0.3) is 0 Å². The molecule has 0 atom stereocenters. The Hall–Kier alpha value is -4.90. The second kappa shape index (κ2) is 6.86. The van der Waals surface area contributed by atoms with Gasteiger partial charge in [0.15, 0.2) is 5.88 Å². The van der Waals surface area contributed by atoms with Crippen molar-refractivity contribution in [1.29, 1.82) is 0 Å². The molecule has 0 radical (unpaired) electrons. The van der Waals surface area contributed by atoms with Gasteiger partial charge < -0.3 is 18.4 Å². The Kier molecular flexibility index (Phi) is 3.58. The molecule has 2 aliphatic heterocycles. The predicted octanol–water partition coefficient (Wildman–Crippen LogP) is 7.44. The van der Waals surface area contributed by atoms with Gasteiger partial charge in [-0.05, 0) is 53.5 Å². The lowest BCUT2D eigenvalue weighted by molar-refractivity contribution is 0.593. The fourth-order valence-electron chi connectivity index (χ4n) is 6.25. The number of anilines is 2. The summed E-state index contributed by atoms with van der Waals surface area (Å²) < 4.78 is 15.4. The number of fused-ring (bicyclic) bond motifs is 13. The summed E-state index contributed by atoms with van der Waals surface area (Å²) in [7, 11) is -0.271. The monoisotopic (exact) mass is 474 g/mol. The molecular formula is C32H19BN2O2. The van der Waals surface area contributed by atoms with Gasteiger partial charge in [0.2, 0.25) is 0 Å². The molecule has 4 nitrogen and oxygen atoms in total. The van der Waals surface area contributed by atoms with E-state index in [0.717, 1.165) is 50.6 Å². The van der Waals surface area contributed by atoms with Gasteiger partial charge in [0.1, 0.15) is 11.3 Å². The van der Waals surface area contributed by atoms with Crippen LogP contribution in [0.5, 0.6) is 5.75 Å². The molecule has 0 saturated heterocycles. The van der Waals surface area contributed by atoms with Crippen LogP contribution >= 0.6 is 0 Å². The molecule has 2 aliphatic rings. The molecule has 7 aromatic rings. The standard InChI is InChI=1S/C32H19BN2O2/c1-4-12-26-21(9-1)22-10-2-5-13-27(22)34(26)20-17-18-25-24(19-20)31-23-11-3-7-15-29(23)36-32(31)35-28-14-6-8-16-30(28)37-33(25)35/h1-19H. The third-order valence-electron chi connectivity index (χ3n) is 7.80. The van der Waals surface area contributed by atoms with Gasteiger partial charge in [-0.1, -0.05) is 72.8 Å². The van der Waals surface area contributed by atoms with Crippen LogP contribution in [0, 0.1) is 0 Å². The average molecular weight is 474 g/mol. The van der Waals surface area contributed by atoms with Crippen LogP contribution in [0.1, 0.15) is 0 Å². The first-order chi connectivity index (χ1) is 18.4. The van der Waals surface area contributed by atoms with Gasteiger partial charge in [-0.3, -0.25) is 0 Å². The second-order valence-electron chi connectivity index (χ2n) is 9.73. The maximum absolute atomic E-state index is 6.53. The van der Waals surface area contributed by atoms with E-state index in [4.69, 9.17) is 9.07 Å². The first-order valence-corrected chi connectivity index (χ1v) is 12.6.